The lowest BCUT2D eigenvalue weighted by Crippen LogP contribution is -2.18. The zero-order chi connectivity index (χ0) is 12.3. The molecule has 1 N–H and O–H groups in total. The van der Waals surface area contributed by atoms with Crippen molar-refractivity contribution in [2.24, 2.45) is 0 Å². The highest BCUT2D eigenvalue weighted by Crippen LogP contribution is 2.26. The van der Waals surface area contributed by atoms with Gasteiger partial charge < -0.3 is 9.84 Å². The van der Waals surface area contributed by atoms with E-state index in [0.717, 1.165) is 6.07 Å². The zero-order valence-electron chi connectivity index (χ0n) is 7.68. The highest BCUT2D eigenvalue weighted by molar-refractivity contribution is 14.1. The molecule has 0 saturated carbocycles. The molecular formula is C8H6F4INO2. The van der Waals surface area contributed by atoms with Crippen LogP contribution in [0.1, 0.15) is 11.3 Å². The minimum atomic E-state index is -4.89. The Balaban J connectivity index is 3.12. The molecule has 0 aromatic carbocycles. The maximum absolute atomic E-state index is 12.4. The van der Waals surface area contributed by atoms with Crippen molar-refractivity contribution >= 4 is 22.6 Å². The molecule has 0 radical (unpaired) electrons. The van der Waals surface area contributed by atoms with Crippen LogP contribution in [0.4, 0.5) is 17.6 Å². The number of halogens is 5. The molecule has 1 heterocycles. The van der Waals surface area contributed by atoms with Crippen LogP contribution in [0.5, 0.6) is 5.88 Å². The summed E-state index contributed by atoms with van der Waals surface area (Å²) in [7, 11) is 0. The van der Waals surface area contributed by atoms with Crippen LogP contribution in [0, 0.1) is 3.57 Å². The molecular weight excluding hydrogens is 345 g/mol. The average Bonchev–Trinajstić information content (AvgIpc) is 2.18. The number of pyridine rings is 1. The lowest BCUT2D eigenvalue weighted by Gasteiger charge is -2.11. The second kappa shape index (κ2) is 5.13. The SMILES string of the molecule is OCc1cc(OC(F)(F)F)nc(CF)c1I. The number of rotatable bonds is 3. The monoisotopic (exact) mass is 351 g/mol. The normalized spacial score (nSPS) is 11.6. The van der Waals surface area contributed by atoms with E-state index >= 15 is 0 Å². The molecule has 1 rings (SSSR count). The number of nitrogens with zero attached hydrogens (tertiary/aromatic N) is 1. The molecule has 0 bridgehead atoms. The van der Waals surface area contributed by atoms with Gasteiger partial charge in [-0.15, -0.1) is 13.2 Å². The van der Waals surface area contributed by atoms with Gasteiger partial charge in [0.15, 0.2) is 0 Å². The quantitative estimate of drug-likeness (QED) is 0.673. The summed E-state index contributed by atoms with van der Waals surface area (Å²) in [6, 6.07) is 0.925. The van der Waals surface area contributed by atoms with Crippen molar-refractivity contribution in [3.63, 3.8) is 0 Å². The number of aliphatic hydroxyl groups is 1. The summed E-state index contributed by atoms with van der Waals surface area (Å²) in [5.41, 5.74) is -0.0473. The van der Waals surface area contributed by atoms with Gasteiger partial charge in [0, 0.05) is 9.64 Å². The predicted octanol–water partition coefficient (Wildman–Crippen LogP) is 2.55. The van der Waals surface area contributed by atoms with E-state index in [1.54, 1.807) is 22.6 Å². The third-order valence-corrected chi connectivity index (χ3v) is 2.91. The number of alkyl halides is 4. The van der Waals surface area contributed by atoms with Crippen molar-refractivity contribution in [3.05, 3.63) is 20.9 Å². The summed E-state index contributed by atoms with van der Waals surface area (Å²) < 4.78 is 51.9. The maximum Gasteiger partial charge on any atom is 0.574 e. The van der Waals surface area contributed by atoms with Crippen LogP contribution >= 0.6 is 22.6 Å². The first kappa shape index (κ1) is 13.4. The van der Waals surface area contributed by atoms with Crippen molar-refractivity contribution in [3.8, 4) is 5.88 Å². The van der Waals surface area contributed by atoms with Gasteiger partial charge >= 0.3 is 6.36 Å². The fourth-order valence-corrected chi connectivity index (χ4v) is 1.58. The van der Waals surface area contributed by atoms with Gasteiger partial charge in [0.2, 0.25) is 5.88 Å². The molecule has 90 valence electrons. The van der Waals surface area contributed by atoms with E-state index in [9.17, 15) is 17.6 Å². The van der Waals surface area contributed by atoms with Gasteiger partial charge in [0.25, 0.3) is 0 Å². The Kier molecular flexibility index (Phi) is 4.30. The Labute approximate surface area is 102 Å². The average molecular weight is 351 g/mol. The van der Waals surface area contributed by atoms with E-state index in [0.29, 0.717) is 0 Å². The number of ether oxygens (including phenoxy) is 1. The van der Waals surface area contributed by atoms with Crippen molar-refractivity contribution in [1.29, 1.82) is 0 Å². The molecule has 1 aromatic rings. The maximum atomic E-state index is 12.4. The molecule has 0 fully saturated rings. The second-order valence-corrected chi connectivity index (χ2v) is 3.80. The minimum absolute atomic E-state index is 0.141. The minimum Gasteiger partial charge on any atom is -0.392 e. The zero-order valence-corrected chi connectivity index (χ0v) is 9.84. The van der Waals surface area contributed by atoms with Gasteiger partial charge in [0.1, 0.15) is 6.67 Å². The van der Waals surface area contributed by atoms with Crippen LogP contribution in [0.15, 0.2) is 6.07 Å². The third-order valence-electron chi connectivity index (χ3n) is 1.60. The van der Waals surface area contributed by atoms with Gasteiger partial charge in [0.05, 0.1) is 12.3 Å². The number of hydrogen-bond donors (Lipinski definition) is 1. The van der Waals surface area contributed by atoms with E-state index < -0.39 is 25.5 Å². The fourth-order valence-electron chi connectivity index (χ4n) is 0.987. The highest BCUT2D eigenvalue weighted by atomic mass is 127. The summed E-state index contributed by atoms with van der Waals surface area (Å²) in [5.74, 6) is -0.774. The van der Waals surface area contributed by atoms with Crippen molar-refractivity contribution in [1.82, 2.24) is 4.98 Å². The van der Waals surface area contributed by atoms with Crippen LogP contribution < -0.4 is 4.74 Å². The van der Waals surface area contributed by atoms with E-state index in [-0.39, 0.29) is 14.8 Å². The van der Waals surface area contributed by atoms with Crippen LogP contribution in [-0.4, -0.2) is 16.5 Å². The Morgan fingerprint density at radius 2 is 2.06 bits per heavy atom. The molecule has 0 unspecified atom stereocenters. The van der Waals surface area contributed by atoms with Crippen LogP contribution in [-0.2, 0) is 13.3 Å². The molecule has 0 atom stereocenters. The summed E-state index contributed by atoms with van der Waals surface area (Å²) in [6.07, 6.45) is -4.89. The Hall–Kier alpha value is -0.640. The number of aromatic nitrogens is 1. The summed E-state index contributed by atoms with van der Waals surface area (Å²) >= 11 is 1.70. The number of aliphatic hydroxyl groups excluding tert-OH is 1. The van der Waals surface area contributed by atoms with E-state index in [2.05, 4.69) is 9.72 Å². The van der Waals surface area contributed by atoms with Crippen LogP contribution in [0.3, 0.4) is 0 Å². The smallest absolute Gasteiger partial charge is 0.392 e. The molecule has 0 spiro atoms. The van der Waals surface area contributed by atoms with Crippen LogP contribution in [0.25, 0.3) is 0 Å². The molecule has 16 heavy (non-hydrogen) atoms. The first-order valence-electron chi connectivity index (χ1n) is 3.98. The summed E-state index contributed by atoms with van der Waals surface area (Å²) in [6.45, 7) is -1.54. The molecule has 0 aliphatic rings. The van der Waals surface area contributed by atoms with E-state index in [1.165, 1.54) is 0 Å². The van der Waals surface area contributed by atoms with Gasteiger partial charge in [-0.3, -0.25) is 0 Å². The first-order valence-corrected chi connectivity index (χ1v) is 5.06. The molecule has 0 saturated heterocycles. The van der Waals surface area contributed by atoms with Crippen molar-refractivity contribution < 1.29 is 27.4 Å². The molecule has 3 nitrogen and oxygen atoms in total. The third kappa shape index (κ3) is 3.44. The van der Waals surface area contributed by atoms with Crippen LogP contribution in [0.2, 0.25) is 0 Å². The molecule has 0 aliphatic carbocycles. The van der Waals surface area contributed by atoms with Gasteiger partial charge in [-0.1, -0.05) is 0 Å². The Morgan fingerprint density at radius 1 is 1.44 bits per heavy atom. The molecule has 1 aromatic heterocycles. The molecule has 0 amide bonds. The summed E-state index contributed by atoms with van der Waals surface area (Å²) in [4.78, 5) is 3.35. The fraction of sp³-hybridized carbons (Fsp3) is 0.375. The predicted molar refractivity (Wildman–Crippen MR) is 54.4 cm³/mol. The highest BCUT2D eigenvalue weighted by Gasteiger charge is 2.32. The topological polar surface area (TPSA) is 42.4 Å². The standard InChI is InChI=1S/C8H6F4INO2/c9-2-5-7(13)4(3-15)1-6(14-5)16-8(10,11)12/h1,15H,2-3H2. The Bertz CT molecular complexity index is 358. The molecule has 8 heteroatoms. The van der Waals surface area contributed by atoms with Gasteiger partial charge in [-0.25, -0.2) is 9.37 Å². The lowest BCUT2D eigenvalue weighted by atomic mass is 10.2. The van der Waals surface area contributed by atoms with Crippen molar-refractivity contribution in [2.75, 3.05) is 0 Å². The number of hydrogen-bond acceptors (Lipinski definition) is 3. The lowest BCUT2D eigenvalue weighted by molar-refractivity contribution is -0.276. The van der Waals surface area contributed by atoms with Crippen molar-refractivity contribution in [2.45, 2.75) is 19.6 Å². The largest absolute Gasteiger partial charge is 0.574 e. The second-order valence-electron chi connectivity index (χ2n) is 2.72. The van der Waals surface area contributed by atoms with Gasteiger partial charge in [-0.05, 0) is 28.2 Å². The first-order chi connectivity index (χ1) is 7.37. The van der Waals surface area contributed by atoms with E-state index in [1.807, 2.05) is 0 Å². The Morgan fingerprint density at radius 3 is 2.50 bits per heavy atom. The molecule has 0 aliphatic heterocycles. The summed E-state index contributed by atoms with van der Waals surface area (Å²) in [5, 5.41) is 8.87. The van der Waals surface area contributed by atoms with E-state index in [4.69, 9.17) is 5.11 Å². The van der Waals surface area contributed by atoms with Gasteiger partial charge in [-0.2, -0.15) is 0 Å².